The number of halogens is 2. The molecule has 0 saturated carbocycles. The van der Waals surface area contributed by atoms with E-state index in [1.807, 2.05) is 0 Å². The first-order valence-corrected chi connectivity index (χ1v) is 8.88. The van der Waals surface area contributed by atoms with Gasteiger partial charge in [-0.2, -0.15) is 0 Å². The summed E-state index contributed by atoms with van der Waals surface area (Å²) in [6.07, 6.45) is 0.999. The Morgan fingerprint density at radius 2 is 1.83 bits per heavy atom. The highest BCUT2D eigenvalue weighted by Gasteiger charge is 2.16. The minimum atomic E-state index is -3.46. The Balaban J connectivity index is 2.16. The SMILES string of the molecule is CC(NC(=O)c1cccc(NS(C)(=O)=O)c1)c1ccc(F)cc1F. The first kappa shape index (κ1) is 17.9. The maximum absolute atomic E-state index is 13.7. The Hall–Kier alpha value is -2.48. The second-order valence-corrected chi connectivity index (χ2v) is 7.06. The fourth-order valence-electron chi connectivity index (χ4n) is 2.15. The van der Waals surface area contributed by atoms with Gasteiger partial charge in [0.1, 0.15) is 11.6 Å². The number of hydrogen-bond donors (Lipinski definition) is 2. The quantitative estimate of drug-likeness (QED) is 0.867. The molecular formula is C16H16F2N2O3S. The van der Waals surface area contributed by atoms with E-state index in [1.165, 1.54) is 30.3 Å². The molecule has 1 atom stereocenters. The van der Waals surface area contributed by atoms with Gasteiger partial charge in [-0.25, -0.2) is 17.2 Å². The number of hydrogen-bond acceptors (Lipinski definition) is 3. The molecule has 0 heterocycles. The molecule has 0 spiro atoms. The third-order valence-electron chi connectivity index (χ3n) is 3.20. The van der Waals surface area contributed by atoms with E-state index in [1.54, 1.807) is 6.92 Å². The Morgan fingerprint density at radius 1 is 1.12 bits per heavy atom. The van der Waals surface area contributed by atoms with E-state index < -0.39 is 33.6 Å². The highest BCUT2D eigenvalue weighted by atomic mass is 32.2. The predicted molar refractivity (Wildman–Crippen MR) is 87.1 cm³/mol. The highest BCUT2D eigenvalue weighted by Crippen LogP contribution is 2.19. The van der Waals surface area contributed by atoms with Crippen LogP contribution in [0.1, 0.15) is 28.9 Å². The largest absolute Gasteiger partial charge is 0.345 e. The number of carbonyl (C=O) groups is 1. The molecule has 0 aromatic heterocycles. The van der Waals surface area contributed by atoms with Crippen LogP contribution >= 0.6 is 0 Å². The molecule has 2 aromatic rings. The topological polar surface area (TPSA) is 75.3 Å². The van der Waals surface area contributed by atoms with Gasteiger partial charge in [-0.1, -0.05) is 12.1 Å². The van der Waals surface area contributed by atoms with Crippen LogP contribution in [0.3, 0.4) is 0 Å². The molecule has 2 rings (SSSR count). The van der Waals surface area contributed by atoms with Crippen molar-refractivity contribution in [3.63, 3.8) is 0 Å². The van der Waals surface area contributed by atoms with Gasteiger partial charge in [0.25, 0.3) is 5.91 Å². The Morgan fingerprint density at radius 3 is 2.46 bits per heavy atom. The van der Waals surface area contributed by atoms with Crippen LogP contribution in [0.15, 0.2) is 42.5 Å². The maximum atomic E-state index is 13.7. The van der Waals surface area contributed by atoms with E-state index in [0.717, 1.165) is 18.4 Å². The lowest BCUT2D eigenvalue weighted by Gasteiger charge is -2.15. The summed E-state index contributed by atoms with van der Waals surface area (Å²) in [6, 6.07) is 8.31. The van der Waals surface area contributed by atoms with Gasteiger partial charge in [0, 0.05) is 22.9 Å². The van der Waals surface area contributed by atoms with Crippen LogP contribution in [-0.4, -0.2) is 20.6 Å². The molecule has 8 heteroatoms. The third kappa shape index (κ3) is 4.76. The molecule has 2 aromatic carbocycles. The van der Waals surface area contributed by atoms with E-state index in [-0.39, 0.29) is 16.8 Å². The first-order valence-electron chi connectivity index (χ1n) is 6.99. The number of nitrogens with one attached hydrogen (secondary N) is 2. The number of rotatable bonds is 5. The van der Waals surface area contributed by atoms with E-state index in [0.29, 0.717) is 0 Å². The molecule has 0 saturated heterocycles. The molecule has 0 radical (unpaired) electrons. The number of amides is 1. The summed E-state index contributed by atoms with van der Waals surface area (Å²) in [7, 11) is -3.46. The number of sulfonamides is 1. The first-order chi connectivity index (χ1) is 11.2. The number of anilines is 1. The van der Waals surface area contributed by atoms with Gasteiger partial charge < -0.3 is 5.32 Å². The van der Waals surface area contributed by atoms with Crippen LogP contribution in [0, 0.1) is 11.6 Å². The van der Waals surface area contributed by atoms with E-state index in [4.69, 9.17) is 0 Å². The number of carbonyl (C=O) groups excluding carboxylic acids is 1. The molecule has 1 amide bonds. The standard InChI is InChI=1S/C16H16F2N2O3S/c1-10(14-7-6-12(17)9-15(14)18)19-16(21)11-4-3-5-13(8-11)20-24(2,22)23/h3-10,20H,1-2H3,(H,19,21). The molecule has 5 nitrogen and oxygen atoms in total. The van der Waals surface area contributed by atoms with Crippen molar-refractivity contribution in [3.05, 3.63) is 65.2 Å². The smallest absolute Gasteiger partial charge is 0.251 e. The van der Waals surface area contributed by atoms with Crippen molar-refractivity contribution < 1.29 is 22.0 Å². The van der Waals surface area contributed by atoms with Gasteiger partial charge in [-0.3, -0.25) is 9.52 Å². The zero-order valence-corrected chi connectivity index (χ0v) is 13.8. The van der Waals surface area contributed by atoms with Gasteiger partial charge in [-0.15, -0.1) is 0 Å². The molecule has 0 fully saturated rings. The number of benzene rings is 2. The van der Waals surface area contributed by atoms with Gasteiger partial charge in [0.2, 0.25) is 10.0 Å². The summed E-state index contributed by atoms with van der Waals surface area (Å²) < 4.78 is 51.4. The zero-order valence-electron chi connectivity index (χ0n) is 13.0. The summed E-state index contributed by atoms with van der Waals surface area (Å²) in [6.45, 7) is 1.56. The maximum Gasteiger partial charge on any atom is 0.251 e. The van der Waals surface area contributed by atoms with E-state index in [9.17, 15) is 22.0 Å². The predicted octanol–water partition coefficient (Wildman–Crippen LogP) is 2.83. The third-order valence-corrected chi connectivity index (χ3v) is 3.81. The molecule has 2 N–H and O–H groups in total. The fourth-order valence-corrected chi connectivity index (χ4v) is 2.70. The molecule has 0 bridgehead atoms. The molecular weight excluding hydrogens is 338 g/mol. The summed E-state index contributed by atoms with van der Waals surface area (Å²) in [5.41, 5.74) is 0.596. The van der Waals surface area contributed by atoms with Gasteiger partial charge >= 0.3 is 0 Å². The highest BCUT2D eigenvalue weighted by molar-refractivity contribution is 7.92. The lowest BCUT2D eigenvalue weighted by atomic mass is 10.1. The average Bonchev–Trinajstić information content (AvgIpc) is 2.45. The van der Waals surface area contributed by atoms with Crippen molar-refractivity contribution in [2.45, 2.75) is 13.0 Å². The van der Waals surface area contributed by atoms with E-state index in [2.05, 4.69) is 10.0 Å². The molecule has 0 aliphatic heterocycles. The van der Waals surface area contributed by atoms with Gasteiger partial charge in [-0.05, 0) is 31.2 Å². The van der Waals surface area contributed by atoms with Crippen molar-refractivity contribution in [1.29, 1.82) is 0 Å². The fraction of sp³-hybridized carbons (Fsp3) is 0.188. The zero-order chi connectivity index (χ0) is 17.9. The minimum Gasteiger partial charge on any atom is -0.345 e. The lowest BCUT2D eigenvalue weighted by Crippen LogP contribution is -2.27. The van der Waals surface area contributed by atoms with Crippen LogP contribution in [0.2, 0.25) is 0 Å². The van der Waals surface area contributed by atoms with Gasteiger partial charge in [0.05, 0.1) is 12.3 Å². The van der Waals surface area contributed by atoms with Crippen LogP contribution in [0.5, 0.6) is 0 Å². The molecule has 1 unspecified atom stereocenters. The molecule has 0 aliphatic carbocycles. The van der Waals surface area contributed by atoms with E-state index >= 15 is 0 Å². The normalized spacial score (nSPS) is 12.5. The second-order valence-electron chi connectivity index (χ2n) is 5.32. The lowest BCUT2D eigenvalue weighted by molar-refractivity contribution is 0.0939. The van der Waals surface area contributed by atoms with Crippen molar-refractivity contribution in [1.82, 2.24) is 5.32 Å². The molecule has 128 valence electrons. The Bertz CT molecular complexity index is 869. The summed E-state index contributed by atoms with van der Waals surface area (Å²) in [5.74, 6) is -1.96. The van der Waals surface area contributed by atoms with Crippen molar-refractivity contribution in [3.8, 4) is 0 Å². The van der Waals surface area contributed by atoms with Crippen LogP contribution in [-0.2, 0) is 10.0 Å². The van der Waals surface area contributed by atoms with Crippen molar-refractivity contribution in [2.75, 3.05) is 11.0 Å². The Labute approximate surface area is 138 Å². The average molecular weight is 354 g/mol. The van der Waals surface area contributed by atoms with Crippen LogP contribution in [0.4, 0.5) is 14.5 Å². The summed E-state index contributed by atoms with van der Waals surface area (Å²) in [4.78, 5) is 12.2. The van der Waals surface area contributed by atoms with Gasteiger partial charge in [0.15, 0.2) is 0 Å². The second kappa shape index (κ2) is 6.96. The Kier molecular flexibility index (Phi) is 5.18. The van der Waals surface area contributed by atoms with Crippen molar-refractivity contribution in [2.24, 2.45) is 0 Å². The summed E-state index contributed by atoms with van der Waals surface area (Å²) in [5, 5.41) is 2.58. The van der Waals surface area contributed by atoms with Crippen molar-refractivity contribution >= 4 is 21.6 Å². The summed E-state index contributed by atoms with van der Waals surface area (Å²) >= 11 is 0. The monoisotopic (exact) mass is 354 g/mol. The minimum absolute atomic E-state index is 0.148. The van der Waals surface area contributed by atoms with Crippen LogP contribution in [0.25, 0.3) is 0 Å². The molecule has 0 aliphatic rings. The van der Waals surface area contributed by atoms with Crippen LogP contribution < -0.4 is 10.0 Å². The molecule has 24 heavy (non-hydrogen) atoms.